The summed E-state index contributed by atoms with van der Waals surface area (Å²) in [5, 5.41) is 0. The average Bonchev–Trinajstić information content (AvgIpc) is 2.61. The van der Waals surface area contributed by atoms with Crippen molar-refractivity contribution in [3.8, 4) is 0 Å². The molecule has 0 aromatic carbocycles. The highest BCUT2D eigenvalue weighted by atomic mass is 16.6. The van der Waals surface area contributed by atoms with E-state index in [1.165, 1.54) is 9.80 Å². The van der Waals surface area contributed by atoms with Gasteiger partial charge in [0.05, 0.1) is 13.2 Å². The topological polar surface area (TPSA) is 76.2 Å². The first kappa shape index (κ1) is 28.2. The number of unbranched alkanes of at least 4 members (excludes halogenated alkanes) is 2. The first-order valence-electron chi connectivity index (χ1n) is 11.1. The molecule has 0 rings (SSSR count). The standard InChI is InChI=1S/C23H44N2O5/c1-11-12-13-14-29-21(27)19(17(4)5)24(9)20(26)18(16(2)3)25(10)22(28)30-15-23(6,7)8/h16-19H,11-15H2,1-10H3. The first-order valence-corrected chi connectivity index (χ1v) is 11.1. The second-order valence-corrected chi connectivity index (χ2v) is 9.93. The smallest absolute Gasteiger partial charge is 0.410 e. The molecule has 0 aliphatic carbocycles. The van der Waals surface area contributed by atoms with E-state index in [1.54, 1.807) is 14.1 Å². The van der Waals surface area contributed by atoms with Gasteiger partial charge in [-0.1, -0.05) is 68.2 Å². The molecule has 7 heteroatoms. The van der Waals surface area contributed by atoms with Crippen LogP contribution >= 0.6 is 0 Å². The summed E-state index contributed by atoms with van der Waals surface area (Å²) in [6.45, 7) is 16.1. The number of likely N-dealkylation sites (N-methyl/N-ethyl adjacent to an activating group) is 2. The van der Waals surface area contributed by atoms with Crippen LogP contribution in [0.2, 0.25) is 0 Å². The third kappa shape index (κ3) is 9.35. The van der Waals surface area contributed by atoms with Gasteiger partial charge in [0, 0.05) is 14.1 Å². The van der Waals surface area contributed by atoms with E-state index in [9.17, 15) is 14.4 Å². The van der Waals surface area contributed by atoms with Crippen molar-refractivity contribution in [2.75, 3.05) is 27.3 Å². The van der Waals surface area contributed by atoms with Crippen LogP contribution < -0.4 is 0 Å². The summed E-state index contributed by atoms with van der Waals surface area (Å²) in [7, 11) is 3.17. The Bertz CT molecular complexity index is 554. The normalized spacial score (nSPS) is 13.7. The number of carbonyl (C=O) groups is 3. The number of ether oxygens (including phenoxy) is 2. The molecular weight excluding hydrogens is 384 g/mol. The molecule has 2 unspecified atom stereocenters. The van der Waals surface area contributed by atoms with Crippen molar-refractivity contribution in [3.63, 3.8) is 0 Å². The van der Waals surface area contributed by atoms with E-state index in [4.69, 9.17) is 9.47 Å². The minimum Gasteiger partial charge on any atom is -0.464 e. The summed E-state index contributed by atoms with van der Waals surface area (Å²) in [4.78, 5) is 41.3. The fourth-order valence-corrected chi connectivity index (χ4v) is 3.23. The van der Waals surface area contributed by atoms with Crippen LogP contribution in [-0.2, 0) is 19.1 Å². The van der Waals surface area contributed by atoms with Crippen LogP contribution in [0.4, 0.5) is 4.79 Å². The fraction of sp³-hybridized carbons (Fsp3) is 0.870. The summed E-state index contributed by atoms with van der Waals surface area (Å²) in [6.07, 6.45) is 2.29. The van der Waals surface area contributed by atoms with Crippen LogP contribution in [0.3, 0.4) is 0 Å². The van der Waals surface area contributed by atoms with E-state index in [-0.39, 0.29) is 29.8 Å². The maximum atomic E-state index is 13.3. The van der Waals surface area contributed by atoms with Gasteiger partial charge in [-0.25, -0.2) is 9.59 Å². The quantitative estimate of drug-likeness (QED) is 0.361. The van der Waals surface area contributed by atoms with Gasteiger partial charge in [-0.15, -0.1) is 0 Å². The zero-order valence-electron chi connectivity index (χ0n) is 20.8. The van der Waals surface area contributed by atoms with Crippen LogP contribution in [0.15, 0.2) is 0 Å². The van der Waals surface area contributed by atoms with Crippen LogP contribution in [-0.4, -0.2) is 67.2 Å². The third-order valence-electron chi connectivity index (χ3n) is 4.85. The van der Waals surface area contributed by atoms with Gasteiger partial charge in [0.2, 0.25) is 5.91 Å². The highest BCUT2D eigenvalue weighted by Gasteiger charge is 2.39. The Morgan fingerprint density at radius 2 is 1.37 bits per heavy atom. The molecule has 0 N–H and O–H groups in total. The molecule has 0 aliphatic heterocycles. The molecule has 0 aromatic heterocycles. The molecule has 30 heavy (non-hydrogen) atoms. The largest absolute Gasteiger partial charge is 0.464 e. The number of hydrogen-bond donors (Lipinski definition) is 0. The van der Waals surface area contributed by atoms with Crippen molar-refractivity contribution in [2.24, 2.45) is 17.3 Å². The highest BCUT2D eigenvalue weighted by Crippen LogP contribution is 2.20. The maximum Gasteiger partial charge on any atom is 0.410 e. The summed E-state index contributed by atoms with van der Waals surface area (Å²) >= 11 is 0. The molecule has 0 spiro atoms. The van der Waals surface area contributed by atoms with Gasteiger partial charge >= 0.3 is 12.1 Å². The number of rotatable bonds is 11. The molecule has 0 fully saturated rings. The van der Waals surface area contributed by atoms with E-state index in [0.717, 1.165) is 19.3 Å². The lowest BCUT2D eigenvalue weighted by Crippen LogP contribution is -2.56. The number of hydrogen-bond acceptors (Lipinski definition) is 5. The number of carbonyl (C=O) groups excluding carboxylic acids is 3. The second kappa shape index (κ2) is 12.8. The van der Waals surface area contributed by atoms with Crippen LogP contribution in [0, 0.1) is 17.3 Å². The van der Waals surface area contributed by atoms with Gasteiger partial charge in [-0.05, 0) is 23.7 Å². The number of esters is 1. The van der Waals surface area contributed by atoms with E-state index in [0.29, 0.717) is 6.61 Å². The molecular formula is C23H44N2O5. The van der Waals surface area contributed by atoms with Gasteiger partial charge < -0.3 is 14.4 Å². The van der Waals surface area contributed by atoms with Crippen molar-refractivity contribution in [3.05, 3.63) is 0 Å². The van der Waals surface area contributed by atoms with E-state index < -0.39 is 24.1 Å². The van der Waals surface area contributed by atoms with Crippen molar-refractivity contribution >= 4 is 18.0 Å². The Kier molecular flexibility index (Phi) is 12.0. The Morgan fingerprint density at radius 3 is 1.80 bits per heavy atom. The van der Waals surface area contributed by atoms with Crippen molar-refractivity contribution in [1.29, 1.82) is 0 Å². The Balaban J connectivity index is 5.37. The minimum absolute atomic E-state index is 0.122. The summed E-state index contributed by atoms with van der Waals surface area (Å²) < 4.78 is 10.8. The molecule has 7 nitrogen and oxygen atoms in total. The zero-order chi connectivity index (χ0) is 23.6. The predicted molar refractivity (Wildman–Crippen MR) is 119 cm³/mol. The molecule has 0 saturated carbocycles. The average molecular weight is 429 g/mol. The molecule has 0 aromatic rings. The van der Waals surface area contributed by atoms with Gasteiger partial charge in [0.25, 0.3) is 0 Å². The molecule has 0 radical (unpaired) electrons. The lowest BCUT2D eigenvalue weighted by molar-refractivity contribution is -0.158. The number of nitrogens with zero attached hydrogens (tertiary/aromatic N) is 2. The monoisotopic (exact) mass is 428 g/mol. The summed E-state index contributed by atoms with van der Waals surface area (Å²) in [5.41, 5.74) is -0.172. The van der Waals surface area contributed by atoms with Gasteiger partial charge in [-0.3, -0.25) is 9.69 Å². The molecule has 0 aliphatic rings. The highest BCUT2D eigenvalue weighted by molar-refractivity contribution is 5.89. The van der Waals surface area contributed by atoms with Crippen molar-refractivity contribution in [1.82, 2.24) is 9.80 Å². The Morgan fingerprint density at radius 1 is 0.833 bits per heavy atom. The van der Waals surface area contributed by atoms with Gasteiger partial charge in [-0.2, -0.15) is 0 Å². The Hall–Kier alpha value is -1.79. The number of amides is 2. The molecule has 2 atom stereocenters. The molecule has 0 bridgehead atoms. The second-order valence-electron chi connectivity index (χ2n) is 9.93. The predicted octanol–water partition coefficient (Wildman–Crippen LogP) is 4.34. The fourth-order valence-electron chi connectivity index (χ4n) is 3.23. The van der Waals surface area contributed by atoms with Crippen LogP contribution in [0.1, 0.15) is 74.7 Å². The lowest BCUT2D eigenvalue weighted by atomic mass is 9.97. The minimum atomic E-state index is -0.739. The summed E-state index contributed by atoms with van der Waals surface area (Å²) in [6, 6.07) is -1.45. The Labute approximate surface area is 183 Å². The van der Waals surface area contributed by atoms with E-state index in [1.807, 2.05) is 48.5 Å². The molecule has 2 amide bonds. The van der Waals surface area contributed by atoms with Gasteiger partial charge in [0.15, 0.2) is 0 Å². The van der Waals surface area contributed by atoms with Crippen LogP contribution in [0.5, 0.6) is 0 Å². The first-order chi connectivity index (χ1) is 13.7. The van der Waals surface area contributed by atoms with E-state index >= 15 is 0 Å². The van der Waals surface area contributed by atoms with E-state index in [2.05, 4.69) is 6.92 Å². The van der Waals surface area contributed by atoms with Crippen molar-refractivity contribution < 1.29 is 23.9 Å². The zero-order valence-corrected chi connectivity index (χ0v) is 20.8. The van der Waals surface area contributed by atoms with Gasteiger partial charge in [0.1, 0.15) is 12.1 Å². The third-order valence-corrected chi connectivity index (χ3v) is 4.85. The maximum absolute atomic E-state index is 13.3. The van der Waals surface area contributed by atoms with Crippen LogP contribution in [0.25, 0.3) is 0 Å². The SMILES string of the molecule is CCCCCOC(=O)C(C(C)C)N(C)C(=O)C(C(C)C)N(C)C(=O)OCC(C)(C)C. The lowest BCUT2D eigenvalue weighted by Gasteiger charge is -2.36. The molecule has 0 heterocycles. The molecule has 0 saturated heterocycles. The molecule has 176 valence electrons. The summed E-state index contributed by atoms with van der Waals surface area (Å²) in [5.74, 6) is -0.981. The van der Waals surface area contributed by atoms with Crippen molar-refractivity contribution in [2.45, 2.75) is 86.7 Å².